The van der Waals surface area contributed by atoms with Crippen LogP contribution in [-0.2, 0) is 25.5 Å². The Morgan fingerprint density at radius 1 is 0.677 bits per heavy atom. The van der Waals surface area contributed by atoms with Crippen LogP contribution in [0.3, 0.4) is 0 Å². The number of hydrogen-bond acceptors (Lipinski definition) is 5. The number of rotatable bonds is 18. The standard InChI is InChI=1S/C26H43NO4/c1-4-5-6-7-8-9-10-11-12-13-14-15-16-23-17-19-24(20-18-23)27(21-25(28)30-2)22-26(29)31-3/h17-20H,4-16,21-22H2,1-3H3. The van der Waals surface area contributed by atoms with Crippen molar-refractivity contribution in [1.82, 2.24) is 0 Å². The molecule has 0 saturated carbocycles. The van der Waals surface area contributed by atoms with E-state index in [-0.39, 0.29) is 25.0 Å². The first-order valence-electron chi connectivity index (χ1n) is 12.1. The Morgan fingerprint density at radius 2 is 1.10 bits per heavy atom. The molecule has 1 aromatic carbocycles. The zero-order valence-electron chi connectivity index (χ0n) is 20.0. The van der Waals surface area contributed by atoms with Crippen molar-refractivity contribution in [3.8, 4) is 0 Å². The molecule has 5 nitrogen and oxygen atoms in total. The average molecular weight is 434 g/mol. The van der Waals surface area contributed by atoms with Crippen molar-refractivity contribution in [2.24, 2.45) is 0 Å². The molecule has 0 aliphatic rings. The third-order valence-corrected chi connectivity index (χ3v) is 5.72. The van der Waals surface area contributed by atoms with E-state index in [0.29, 0.717) is 0 Å². The first-order valence-corrected chi connectivity index (χ1v) is 12.1. The van der Waals surface area contributed by atoms with Gasteiger partial charge >= 0.3 is 11.9 Å². The van der Waals surface area contributed by atoms with E-state index in [0.717, 1.165) is 12.1 Å². The zero-order chi connectivity index (χ0) is 22.7. The predicted molar refractivity (Wildman–Crippen MR) is 127 cm³/mol. The number of unbranched alkanes of at least 4 members (excludes halogenated alkanes) is 11. The summed E-state index contributed by atoms with van der Waals surface area (Å²) in [5.41, 5.74) is 2.10. The Hall–Kier alpha value is -2.04. The quantitative estimate of drug-likeness (QED) is 0.207. The minimum Gasteiger partial charge on any atom is -0.468 e. The molecule has 0 atom stereocenters. The van der Waals surface area contributed by atoms with Crippen LogP contribution in [0.15, 0.2) is 24.3 Å². The maximum absolute atomic E-state index is 11.7. The molecule has 0 fully saturated rings. The number of benzene rings is 1. The van der Waals surface area contributed by atoms with Crippen molar-refractivity contribution in [2.75, 3.05) is 32.2 Å². The summed E-state index contributed by atoms with van der Waals surface area (Å²) in [7, 11) is 2.69. The van der Waals surface area contributed by atoms with Gasteiger partial charge in [0.2, 0.25) is 0 Å². The number of carbonyl (C=O) groups excluding carboxylic acids is 2. The molecule has 0 aliphatic heterocycles. The second kappa shape index (κ2) is 17.6. The molecule has 0 heterocycles. The van der Waals surface area contributed by atoms with Crippen LogP contribution in [0.1, 0.15) is 89.5 Å². The summed E-state index contributed by atoms with van der Waals surface area (Å²) in [6.07, 6.45) is 17.3. The summed E-state index contributed by atoms with van der Waals surface area (Å²) in [5, 5.41) is 0. The van der Waals surface area contributed by atoms with E-state index < -0.39 is 0 Å². The second-order valence-electron chi connectivity index (χ2n) is 8.31. The Morgan fingerprint density at radius 3 is 1.52 bits per heavy atom. The molecule has 31 heavy (non-hydrogen) atoms. The lowest BCUT2D eigenvalue weighted by molar-refractivity contribution is -0.140. The molecular weight excluding hydrogens is 390 g/mol. The monoisotopic (exact) mass is 433 g/mol. The van der Waals surface area contributed by atoms with Crippen LogP contribution in [-0.4, -0.2) is 39.2 Å². The molecule has 0 N–H and O–H groups in total. The van der Waals surface area contributed by atoms with Gasteiger partial charge < -0.3 is 14.4 Å². The fraction of sp³-hybridized carbons (Fsp3) is 0.692. The van der Waals surface area contributed by atoms with E-state index >= 15 is 0 Å². The number of hydrogen-bond donors (Lipinski definition) is 0. The summed E-state index contributed by atoms with van der Waals surface area (Å²) in [5.74, 6) is -0.769. The van der Waals surface area contributed by atoms with Gasteiger partial charge in [-0.2, -0.15) is 0 Å². The number of ether oxygens (including phenoxy) is 2. The Bertz CT molecular complexity index is 582. The largest absolute Gasteiger partial charge is 0.468 e. The number of aryl methyl sites for hydroxylation is 1. The summed E-state index contributed by atoms with van der Waals surface area (Å²) < 4.78 is 9.47. The molecule has 176 valence electrons. The lowest BCUT2D eigenvalue weighted by Gasteiger charge is -2.22. The molecule has 0 radical (unpaired) electrons. The predicted octanol–water partition coefficient (Wildman–Crippen LogP) is 6.08. The van der Waals surface area contributed by atoms with Crippen LogP contribution < -0.4 is 4.90 Å². The number of anilines is 1. The van der Waals surface area contributed by atoms with Crippen molar-refractivity contribution in [1.29, 1.82) is 0 Å². The molecular formula is C26H43NO4. The van der Waals surface area contributed by atoms with E-state index in [1.165, 1.54) is 96.8 Å². The fourth-order valence-corrected chi connectivity index (χ4v) is 3.72. The van der Waals surface area contributed by atoms with E-state index in [2.05, 4.69) is 19.1 Å². The van der Waals surface area contributed by atoms with Gasteiger partial charge in [0.05, 0.1) is 14.2 Å². The lowest BCUT2D eigenvalue weighted by Crippen LogP contribution is -2.35. The van der Waals surface area contributed by atoms with Crippen molar-refractivity contribution in [2.45, 2.75) is 90.4 Å². The van der Waals surface area contributed by atoms with Crippen LogP contribution >= 0.6 is 0 Å². The average Bonchev–Trinajstić information content (AvgIpc) is 2.79. The summed E-state index contributed by atoms with van der Waals surface area (Å²) in [6.45, 7) is 2.30. The maximum atomic E-state index is 11.7. The highest BCUT2D eigenvalue weighted by Crippen LogP contribution is 2.18. The SMILES string of the molecule is CCCCCCCCCCCCCCc1ccc(N(CC(=O)OC)CC(=O)OC)cc1. The first-order chi connectivity index (χ1) is 15.1. The van der Waals surface area contributed by atoms with E-state index in [4.69, 9.17) is 9.47 Å². The van der Waals surface area contributed by atoms with Crippen LogP contribution in [0.2, 0.25) is 0 Å². The maximum Gasteiger partial charge on any atom is 0.325 e. The molecule has 0 bridgehead atoms. The van der Waals surface area contributed by atoms with E-state index in [9.17, 15) is 9.59 Å². The summed E-state index contributed by atoms with van der Waals surface area (Å²) >= 11 is 0. The molecule has 0 spiro atoms. The van der Waals surface area contributed by atoms with Gasteiger partial charge in [0.1, 0.15) is 13.1 Å². The number of methoxy groups -OCH3 is 2. The third-order valence-electron chi connectivity index (χ3n) is 5.72. The van der Waals surface area contributed by atoms with Crippen molar-refractivity contribution in [3.63, 3.8) is 0 Å². The van der Waals surface area contributed by atoms with Crippen molar-refractivity contribution >= 4 is 17.6 Å². The van der Waals surface area contributed by atoms with Gasteiger partial charge in [0.25, 0.3) is 0 Å². The molecule has 0 aliphatic carbocycles. The van der Waals surface area contributed by atoms with Crippen LogP contribution in [0.4, 0.5) is 5.69 Å². The minimum atomic E-state index is -0.385. The molecule has 0 amide bonds. The van der Waals surface area contributed by atoms with Gasteiger partial charge in [0, 0.05) is 5.69 Å². The highest BCUT2D eigenvalue weighted by molar-refractivity contribution is 5.81. The highest BCUT2D eigenvalue weighted by Gasteiger charge is 2.16. The smallest absolute Gasteiger partial charge is 0.325 e. The normalized spacial score (nSPS) is 10.7. The number of carbonyl (C=O) groups is 2. The second-order valence-corrected chi connectivity index (χ2v) is 8.31. The minimum absolute atomic E-state index is 0.0175. The Balaban J connectivity index is 2.24. The molecule has 0 saturated heterocycles. The highest BCUT2D eigenvalue weighted by atomic mass is 16.5. The lowest BCUT2D eigenvalue weighted by atomic mass is 10.0. The van der Waals surface area contributed by atoms with Gasteiger partial charge in [-0.15, -0.1) is 0 Å². The number of esters is 2. The van der Waals surface area contributed by atoms with E-state index in [1.54, 1.807) is 4.90 Å². The van der Waals surface area contributed by atoms with Crippen LogP contribution in [0.5, 0.6) is 0 Å². The number of nitrogens with zero attached hydrogens (tertiary/aromatic N) is 1. The zero-order valence-corrected chi connectivity index (χ0v) is 20.0. The van der Waals surface area contributed by atoms with Gasteiger partial charge in [0.15, 0.2) is 0 Å². The van der Waals surface area contributed by atoms with Gasteiger partial charge in [-0.1, -0.05) is 89.7 Å². The first kappa shape index (κ1) is 27.0. The molecule has 0 aromatic heterocycles. The van der Waals surface area contributed by atoms with Gasteiger partial charge in [-0.3, -0.25) is 9.59 Å². The van der Waals surface area contributed by atoms with E-state index in [1.807, 2.05) is 12.1 Å². The molecule has 1 aromatic rings. The molecule has 5 heteroatoms. The third kappa shape index (κ3) is 13.1. The fourth-order valence-electron chi connectivity index (χ4n) is 3.72. The molecule has 1 rings (SSSR count). The summed E-state index contributed by atoms with van der Waals surface area (Å²) in [6, 6.07) is 8.08. The van der Waals surface area contributed by atoms with Crippen molar-refractivity contribution in [3.05, 3.63) is 29.8 Å². The topological polar surface area (TPSA) is 55.8 Å². The van der Waals surface area contributed by atoms with Crippen LogP contribution in [0, 0.1) is 0 Å². The van der Waals surface area contributed by atoms with Crippen molar-refractivity contribution < 1.29 is 19.1 Å². The Kier molecular flexibility index (Phi) is 15.3. The van der Waals surface area contributed by atoms with Gasteiger partial charge in [-0.25, -0.2) is 0 Å². The van der Waals surface area contributed by atoms with Crippen LogP contribution in [0.25, 0.3) is 0 Å². The molecule has 0 unspecified atom stereocenters. The van der Waals surface area contributed by atoms with Gasteiger partial charge in [-0.05, 0) is 30.5 Å². The Labute approximate surface area is 189 Å². The summed E-state index contributed by atoms with van der Waals surface area (Å²) in [4.78, 5) is 25.0.